The van der Waals surface area contributed by atoms with Gasteiger partial charge in [-0.2, -0.15) is 0 Å². The predicted molar refractivity (Wildman–Crippen MR) is 130 cm³/mol. The number of rotatable bonds is 2. The van der Waals surface area contributed by atoms with E-state index in [2.05, 4.69) is 94.3 Å². The summed E-state index contributed by atoms with van der Waals surface area (Å²) >= 11 is -2.97. The fraction of sp³-hybridized carbons (Fsp3) is 0.333. The molecular weight excluding hydrogens is 435 g/mol. The Balaban J connectivity index is 0.00000140. The van der Waals surface area contributed by atoms with Crippen molar-refractivity contribution < 1.29 is 14.0 Å². The molecule has 28 heavy (non-hydrogen) atoms. The average molecular weight is 467 g/mol. The zero-order chi connectivity index (χ0) is 18.9. The van der Waals surface area contributed by atoms with Gasteiger partial charge in [0.05, 0.1) is 0 Å². The van der Waals surface area contributed by atoms with Gasteiger partial charge in [-0.15, -0.1) is 24.8 Å². The minimum atomic E-state index is -2.97. The van der Waals surface area contributed by atoms with E-state index in [0.717, 1.165) is 0 Å². The molecule has 4 rings (SSSR count). The van der Waals surface area contributed by atoms with Crippen LogP contribution in [0.5, 0.6) is 0 Å². The first kappa shape index (κ1) is 23.7. The van der Waals surface area contributed by atoms with Gasteiger partial charge in [-0.3, -0.25) is 0 Å². The number of halogens is 2. The number of allylic oxidation sites excluding steroid dienone is 2. The van der Waals surface area contributed by atoms with Crippen LogP contribution in [0.4, 0.5) is 0 Å². The fourth-order valence-electron chi connectivity index (χ4n) is 6.10. The molecule has 150 valence electrons. The van der Waals surface area contributed by atoms with Crippen molar-refractivity contribution in [2.45, 2.75) is 46.6 Å². The standard InChI is InChI=1S/2C11H11.2CH3.2ClH.H2Si.Ti/c2*1-8-6-10-5-3-4-9(2)11(10)7-8;;;;;;/h2*3-7H,1-2H3;2*1H3;2*1H;1H2;. The van der Waals surface area contributed by atoms with Crippen LogP contribution < -0.4 is 0 Å². The number of aryl methyl sites for hydroxylation is 2. The molecule has 2 aliphatic carbocycles. The smallest absolute Gasteiger partial charge is 0.147 e. The molecule has 2 aromatic carbocycles. The molecule has 2 aromatic rings. The Bertz CT molecular complexity index is 993. The van der Waals surface area contributed by atoms with E-state index >= 15 is 0 Å². The van der Waals surface area contributed by atoms with E-state index in [1.54, 1.807) is 22.3 Å². The molecule has 0 fully saturated rings. The van der Waals surface area contributed by atoms with E-state index in [1.165, 1.54) is 22.3 Å². The summed E-state index contributed by atoms with van der Waals surface area (Å²) in [5.74, 6) is 0. The molecule has 0 spiro atoms. The van der Waals surface area contributed by atoms with Gasteiger partial charge >= 0.3 is 161 Å². The second kappa shape index (κ2) is 7.60. The van der Waals surface area contributed by atoms with Crippen LogP contribution >= 0.6 is 24.8 Å². The van der Waals surface area contributed by atoms with E-state index in [9.17, 15) is 0 Å². The minimum Gasteiger partial charge on any atom is -0.147 e. The van der Waals surface area contributed by atoms with Crippen LogP contribution in [0.2, 0.25) is 10.5 Å². The van der Waals surface area contributed by atoms with Crippen molar-refractivity contribution in [1.82, 2.24) is 0 Å². The van der Waals surface area contributed by atoms with E-state index < -0.39 is 14.0 Å². The Morgan fingerprint density at radius 3 is 1.39 bits per heavy atom. The minimum absolute atomic E-state index is 0. The second-order valence-electron chi connectivity index (χ2n) is 9.74. The summed E-state index contributed by atoms with van der Waals surface area (Å²) in [6, 6.07) is 13.8. The van der Waals surface area contributed by atoms with Gasteiger partial charge in [0.2, 0.25) is 0 Å². The maximum absolute atomic E-state index is 2.97. The fourth-order valence-corrected chi connectivity index (χ4v) is 20.0. The van der Waals surface area contributed by atoms with Crippen molar-refractivity contribution in [2.75, 3.05) is 0 Å². The Morgan fingerprint density at radius 2 is 1.04 bits per heavy atom. The van der Waals surface area contributed by atoms with Gasteiger partial charge in [-0.1, -0.05) is 0 Å². The molecule has 0 amide bonds. The first-order valence-corrected chi connectivity index (χ1v) is 18.7. The Labute approximate surface area is 185 Å². The SMILES string of the molecule is CC1=Cc2c(C)cccc2[CH]1[Ti]([CH3])([CH3])(=[SiH2])[CH]1C(C)=Cc2c(C)cccc21.Cl.Cl. The molecule has 0 nitrogen and oxygen atoms in total. The third-order valence-electron chi connectivity index (χ3n) is 6.89. The summed E-state index contributed by atoms with van der Waals surface area (Å²) in [5.41, 5.74) is 12.2. The van der Waals surface area contributed by atoms with Crippen molar-refractivity contribution in [2.24, 2.45) is 0 Å². The molecule has 0 aromatic heterocycles. The topological polar surface area (TPSA) is 0 Å². The van der Waals surface area contributed by atoms with E-state index in [-0.39, 0.29) is 24.8 Å². The predicted octanol–water partition coefficient (Wildman–Crippen LogP) is 7.10. The summed E-state index contributed by atoms with van der Waals surface area (Å²) < 4.78 is 1.25. The second-order valence-corrected chi connectivity index (χ2v) is 29.9. The van der Waals surface area contributed by atoms with Gasteiger partial charge < -0.3 is 0 Å². The van der Waals surface area contributed by atoms with Crippen molar-refractivity contribution in [3.8, 4) is 0 Å². The zero-order valence-corrected chi connectivity index (χ0v) is 22.4. The van der Waals surface area contributed by atoms with E-state index in [1.807, 2.05) is 0 Å². The van der Waals surface area contributed by atoms with Crippen molar-refractivity contribution in [1.29, 1.82) is 0 Å². The molecule has 4 heteroatoms. The normalized spacial score (nSPS) is 20.4. The monoisotopic (exact) mass is 466 g/mol. The van der Waals surface area contributed by atoms with Gasteiger partial charge in [0.15, 0.2) is 0 Å². The van der Waals surface area contributed by atoms with Gasteiger partial charge in [-0.05, 0) is 0 Å². The summed E-state index contributed by atoms with van der Waals surface area (Å²) in [6.45, 7) is 9.27. The summed E-state index contributed by atoms with van der Waals surface area (Å²) in [7, 11) is 2.40. The molecule has 0 saturated carbocycles. The summed E-state index contributed by atoms with van der Waals surface area (Å²) in [4.78, 5) is 0. The summed E-state index contributed by atoms with van der Waals surface area (Å²) in [6.07, 6.45) is 4.95. The van der Waals surface area contributed by atoms with Gasteiger partial charge in [0.25, 0.3) is 0 Å². The molecule has 0 bridgehead atoms. The third-order valence-corrected chi connectivity index (χ3v) is 18.6. The van der Waals surface area contributed by atoms with Gasteiger partial charge in [-0.25, -0.2) is 0 Å². The number of fused-ring (bicyclic) bond motifs is 2. The van der Waals surface area contributed by atoms with Crippen molar-refractivity contribution in [3.63, 3.8) is 0 Å². The first-order chi connectivity index (χ1) is 12.1. The van der Waals surface area contributed by atoms with Crippen LogP contribution in [0.25, 0.3) is 12.2 Å². The molecule has 2 atom stereocenters. The summed E-state index contributed by atoms with van der Waals surface area (Å²) in [5, 5.41) is 5.38. The zero-order valence-electron chi connectivity index (χ0n) is 17.8. The van der Waals surface area contributed by atoms with Crippen LogP contribution in [0.3, 0.4) is 0 Å². The maximum Gasteiger partial charge on any atom is -0.147 e. The Morgan fingerprint density at radius 1 is 0.679 bits per heavy atom. The van der Waals surface area contributed by atoms with Crippen LogP contribution in [-0.2, 0) is 14.0 Å². The van der Waals surface area contributed by atoms with Gasteiger partial charge in [0.1, 0.15) is 0 Å². The van der Waals surface area contributed by atoms with Crippen molar-refractivity contribution in [3.05, 3.63) is 80.9 Å². The molecular formula is C24H32Cl2SiTi. The van der Waals surface area contributed by atoms with Crippen LogP contribution in [0.15, 0.2) is 47.5 Å². The quantitative estimate of drug-likeness (QED) is 0.414. The van der Waals surface area contributed by atoms with E-state index in [0.29, 0.717) is 8.45 Å². The molecule has 0 N–H and O–H groups in total. The molecule has 0 radical (unpaired) electrons. The molecule has 2 unspecified atom stereocenters. The molecule has 0 aliphatic heterocycles. The van der Waals surface area contributed by atoms with Gasteiger partial charge in [0, 0.05) is 0 Å². The number of benzene rings is 2. The maximum atomic E-state index is 2.69. The molecule has 0 saturated heterocycles. The largest absolute Gasteiger partial charge is 0.147 e. The Hall–Kier alpha value is -0.569. The number of hydrogen-bond acceptors (Lipinski definition) is 0. The van der Waals surface area contributed by atoms with Crippen LogP contribution in [0, 0.1) is 13.8 Å². The number of hydrogen-bond donors (Lipinski definition) is 0. The first-order valence-electron chi connectivity index (χ1n) is 9.73. The van der Waals surface area contributed by atoms with Crippen molar-refractivity contribution >= 4 is 44.6 Å². The molecule has 0 heterocycles. The molecule has 2 aliphatic rings. The van der Waals surface area contributed by atoms with Crippen LogP contribution in [-0.4, -0.2) is 7.63 Å². The third kappa shape index (κ3) is 3.34. The average Bonchev–Trinajstić information content (AvgIpc) is 3.06. The van der Waals surface area contributed by atoms with Crippen LogP contribution in [0.1, 0.15) is 55.7 Å². The van der Waals surface area contributed by atoms with E-state index in [4.69, 9.17) is 0 Å². The Kier molecular flexibility index (Phi) is 6.43.